The lowest BCUT2D eigenvalue weighted by molar-refractivity contribution is -0.129. The number of ether oxygens (including phenoxy) is 1. The number of fused-ring (bicyclic) bond motifs is 1. The van der Waals surface area contributed by atoms with Crippen LogP contribution in [-0.2, 0) is 26.0 Å². The van der Waals surface area contributed by atoms with Gasteiger partial charge in [0.25, 0.3) is 5.91 Å². The van der Waals surface area contributed by atoms with E-state index in [0.29, 0.717) is 37.2 Å². The molecule has 0 radical (unpaired) electrons. The van der Waals surface area contributed by atoms with Crippen molar-refractivity contribution in [1.82, 2.24) is 9.62 Å². The van der Waals surface area contributed by atoms with Crippen molar-refractivity contribution in [1.29, 1.82) is 0 Å². The summed E-state index contributed by atoms with van der Waals surface area (Å²) >= 11 is 0. The van der Waals surface area contributed by atoms with Crippen LogP contribution in [0.5, 0.6) is 5.75 Å². The summed E-state index contributed by atoms with van der Waals surface area (Å²) in [5.41, 5.74) is 1.75. The number of carbonyl (C=O) groups excluding carboxylic acids is 2. The van der Waals surface area contributed by atoms with E-state index in [4.69, 9.17) is 4.74 Å². The van der Waals surface area contributed by atoms with Gasteiger partial charge in [0.05, 0.1) is 17.1 Å². The first-order valence-corrected chi connectivity index (χ1v) is 14.3. The maximum Gasteiger partial charge on any atom is 0.262 e. The summed E-state index contributed by atoms with van der Waals surface area (Å²) < 4.78 is 33.4. The van der Waals surface area contributed by atoms with Crippen molar-refractivity contribution in [2.45, 2.75) is 30.3 Å². The Hall–Kier alpha value is -3.69. The Morgan fingerprint density at radius 2 is 1.50 bits per heavy atom. The predicted octanol–water partition coefficient (Wildman–Crippen LogP) is 3.24. The van der Waals surface area contributed by atoms with Crippen LogP contribution in [0.2, 0.25) is 0 Å². The van der Waals surface area contributed by atoms with Crippen LogP contribution >= 0.6 is 0 Å². The number of nitrogens with zero attached hydrogens (tertiary/aromatic N) is 2. The third-order valence-corrected chi connectivity index (χ3v) is 8.98. The van der Waals surface area contributed by atoms with Crippen molar-refractivity contribution in [3.05, 3.63) is 90.5 Å². The minimum absolute atomic E-state index is 0.107. The second-order valence-corrected chi connectivity index (χ2v) is 11.5. The van der Waals surface area contributed by atoms with Gasteiger partial charge in [0.1, 0.15) is 5.75 Å². The lowest BCUT2D eigenvalue weighted by Crippen LogP contribution is -2.53. The molecule has 1 saturated heterocycles. The van der Waals surface area contributed by atoms with Gasteiger partial charge in [-0.1, -0.05) is 60.7 Å². The Morgan fingerprint density at radius 3 is 2.21 bits per heavy atom. The van der Waals surface area contributed by atoms with Gasteiger partial charge in [-0.25, -0.2) is 8.42 Å². The van der Waals surface area contributed by atoms with Gasteiger partial charge >= 0.3 is 0 Å². The molecule has 5 rings (SSSR count). The minimum Gasteiger partial charge on any atom is -0.477 e. The van der Waals surface area contributed by atoms with Crippen molar-refractivity contribution >= 4 is 27.5 Å². The normalized spacial score (nSPS) is 18.3. The summed E-state index contributed by atoms with van der Waals surface area (Å²) in [6.45, 7) is 1.11. The van der Waals surface area contributed by atoms with Gasteiger partial charge < -0.3 is 15.0 Å². The summed E-state index contributed by atoms with van der Waals surface area (Å²) in [4.78, 5) is 28.6. The van der Waals surface area contributed by atoms with Crippen LogP contribution in [0.4, 0.5) is 5.69 Å². The first-order chi connectivity index (χ1) is 18.4. The van der Waals surface area contributed by atoms with Crippen molar-refractivity contribution in [3.63, 3.8) is 0 Å². The highest BCUT2D eigenvalue weighted by Gasteiger charge is 2.38. The predicted molar refractivity (Wildman–Crippen MR) is 144 cm³/mol. The molecule has 3 aromatic rings. The highest BCUT2D eigenvalue weighted by molar-refractivity contribution is 7.89. The molecule has 2 aliphatic rings. The number of piperidine rings is 1. The molecule has 2 aliphatic heterocycles. The molecule has 0 saturated carbocycles. The number of amides is 2. The van der Waals surface area contributed by atoms with E-state index in [1.165, 1.54) is 4.31 Å². The molecule has 2 amide bonds. The number of anilines is 1. The highest BCUT2D eigenvalue weighted by atomic mass is 32.2. The molecule has 3 aromatic carbocycles. The van der Waals surface area contributed by atoms with Crippen LogP contribution in [0.1, 0.15) is 18.4 Å². The van der Waals surface area contributed by atoms with Crippen LogP contribution in [0.3, 0.4) is 0 Å². The Bertz CT molecular complexity index is 1370. The zero-order valence-electron chi connectivity index (χ0n) is 21.0. The average molecular weight is 534 g/mol. The Morgan fingerprint density at radius 1 is 0.868 bits per heavy atom. The number of hydrogen-bond acceptors (Lipinski definition) is 5. The lowest BCUT2D eigenvalue weighted by atomic mass is 9.95. The van der Waals surface area contributed by atoms with Crippen LogP contribution < -0.4 is 15.0 Å². The highest BCUT2D eigenvalue weighted by Crippen LogP contribution is 2.35. The maximum absolute atomic E-state index is 13.7. The van der Waals surface area contributed by atoms with E-state index in [1.807, 2.05) is 48.5 Å². The van der Waals surface area contributed by atoms with Gasteiger partial charge in [0, 0.05) is 25.6 Å². The number of hydrogen-bond donors (Lipinski definition) is 1. The molecule has 0 aromatic heterocycles. The van der Waals surface area contributed by atoms with Crippen molar-refractivity contribution < 1.29 is 22.7 Å². The fourth-order valence-corrected chi connectivity index (χ4v) is 6.46. The van der Waals surface area contributed by atoms with Crippen molar-refractivity contribution in [3.8, 4) is 5.75 Å². The number of rotatable bonds is 7. The summed E-state index contributed by atoms with van der Waals surface area (Å²) in [5.74, 6) is -0.235. The largest absolute Gasteiger partial charge is 0.477 e. The minimum atomic E-state index is -3.60. The van der Waals surface area contributed by atoms with E-state index in [2.05, 4.69) is 5.32 Å². The number of benzene rings is 3. The third-order valence-electron chi connectivity index (χ3n) is 7.07. The molecule has 0 aliphatic carbocycles. The molecule has 9 heteroatoms. The Balaban J connectivity index is 1.24. The number of para-hydroxylation sites is 2. The number of sulfonamides is 1. The molecule has 1 unspecified atom stereocenters. The third kappa shape index (κ3) is 5.58. The first kappa shape index (κ1) is 25.9. The van der Waals surface area contributed by atoms with E-state index in [0.717, 1.165) is 5.56 Å². The molecule has 198 valence electrons. The molecule has 1 atom stereocenters. The fraction of sp³-hybridized carbons (Fsp3) is 0.310. The van der Waals surface area contributed by atoms with Gasteiger partial charge in [-0.15, -0.1) is 0 Å². The Kier molecular flexibility index (Phi) is 7.76. The molecular formula is C29H31N3O5S. The summed E-state index contributed by atoms with van der Waals surface area (Å²) in [7, 11) is -3.60. The summed E-state index contributed by atoms with van der Waals surface area (Å²) in [6, 6.07) is 25.5. The van der Waals surface area contributed by atoms with E-state index in [1.54, 1.807) is 41.3 Å². The molecule has 1 fully saturated rings. The Labute approximate surface area is 223 Å². The van der Waals surface area contributed by atoms with E-state index >= 15 is 0 Å². The molecule has 2 heterocycles. The number of nitrogens with one attached hydrogen (secondary N) is 1. The van der Waals surface area contributed by atoms with E-state index in [9.17, 15) is 18.0 Å². The van der Waals surface area contributed by atoms with Crippen molar-refractivity contribution in [2.75, 3.05) is 31.1 Å². The quantitative estimate of drug-likeness (QED) is 0.503. The molecule has 0 spiro atoms. The molecule has 0 bridgehead atoms. The molecular weight excluding hydrogens is 502 g/mol. The fourth-order valence-electron chi connectivity index (χ4n) is 4.97. The molecule has 8 nitrogen and oxygen atoms in total. The van der Waals surface area contributed by atoms with Gasteiger partial charge in [-0.2, -0.15) is 4.31 Å². The van der Waals surface area contributed by atoms with Crippen LogP contribution in [0.15, 0.2) is 89.8 Å². The van der Waals surface area contributed by atoms with Crippen LogP contribution in [0.25, 0.3) is 0 Å². The SMILES string of the molecule is O=C(NCCc1ccccc1)C1CN(C(=O)C2CCN(S(=O)(=O)c3ccccc3)CC2)c2ccccc2O1. The summed E-state index contributed by atoms with van der Waals surface area (Å²) in [5, 5.41) is 2.93. The smallest absolute Gasteiger partial charge is 0.262 e. The first-order valence-electron chi connectivity index (χ1n) is 12.9. The summed E-state index contributed by atoms with van der Waals surface area (Å²) in [6.07, 6.45) is 0.697. The zero-order valence-corrected chi connectivity index (χ0v) is 21.8. The topological polar surface area (TPSA) is 96.0 Å². The standard InChI is InChI=1S/C29H31N3O5S/c33-28(30-18-15-22-9-3-1-4-10-22)27-21-32(25-13-7-8-14-26(25)37-27)29(34)23-16-19-31(20-17-23)38(35,36)24-11-5-2-6-12-24/h1-14,23,27H,15-21H2,(H,30,33). The maximum atomic E-state index is 13.7. The van der Waals surface area contributed by atoms with E-state index in [-0.39, 0.29) is 42.3 Å². The monoisotopic (exact) mass is 533 g/mol. The second-order valence-electron chi connectivity index (χ2n) is 9.54. The molecule has 38 heavy (non-hydrogen) atoms. The van der Waals surface area contributed by atoms with Crippen LogP contribution in [0, 0.1) is 5.92 Å². The van der Waals surface area contributed by atoms with Gasteiger partial charge in [0.2, 0.25) is 15.9 Å². The van der Waals surface area contributed by atoms with Gasteiger partial charge in [-0.05, 0) is 49.1 Å². The van der Waals surface area contributed by atoms with Crippen LogP contribution in [-0.4, -0.2) is 56.8 Å². The average Bonchev–Trinajstić information content (AvgIpc) is 2.97. The zero-order chi connectivity index (χ0) is 26.5. The van der Waals surface area contributed by atoms with Crippen molar-refractivity contribution in [2.24, 2.45) is 5.92 Å². The van der Waals surface area contributed by atoms with Gasteiger partial charge in [-0.3, -0.25) is 9.59 Å². The number of carbonyl (C=O) groups is 2. The van der Waals surface area contributed by atoms with E-state index < -0.39 is 16.1 Å². The molecule has 1 N–H and O–H groups in total. The van der Waals surface area contributed by atoms with Gasteiger partial charge in [0.15, 0.2) is 6.10 Å². The second kappa shape index (κ2) is 11.4. The lowest BCUT2D eigenvalue weighted by Gasteiger charge is -2.38.